The van der Waals surface area contributed by atoms with Crippen LogP contribution in [-0.2, 0) is 0 Å². The second kappa shape index (κ2) is 4.85. The lowest BCUT2D eigenvalue weighted by Crippen LogP contribution is -1.93. The Balaban J connectivity index is 2.11. The van der Waals surface area contributed by atoms with Gasteiger partial charge in [0.25, 0.3) is 0 Å². The fraction of sp³-hybridized carbons (Fsp3) is 0.118. The number of pyridine rings is 1. The van der Waals surface area contributed by atoms with Gasteiger partial charge in [-0.05, 0) is 49.2 Å². The minimum atomic E-state index is 0.710. The first-order chi connectivity index (χ1) is 9.65. The average molecular weight is 264 g/mol. The van der Waals surface area contributed by atoms with Crippen molar-refractivity contribution in [2.24, 2.45) is 0 Å². The highest BCUT2D eigenvalue weighted by atomic mass is 16.5. The van der Waals surface area contributed by atoms with E-state index in [-0.39, 0.29) is 0 Å². The molecule has 0 aliphatic rings. The van der Waals surface area contributed by atoms with Crippen molar-refractivity contribution in [2.45, 2.75) is 13.8 Å². The zero-order chi connectivity index (χ0) is 14.1. The Morgan fingerprint density at radius 1 is 0.950 bits per heavy atom. The Labute approximate surface area is 118 Å². The van der Waals surface area contributed by atoms with Gasteiger partial charge in [0.2, 0.25) is 0 Å². The van der Waals surface area contributed by atoms with E-state index in [0.29, 0.717) is 5.69 Å². The van der Waals surface area contributed by atoms with Crippen molar-refractivity contribution >= 4 is 16.5 Å². The summed E-state index contributed by atoms with van der Waals surface area (Å²) in [6, 6.07) is 11.9. The summed E-state index contributed by atoms with van der Waals surface area (Å²) in [5.74, 6) is 1.66. The number of anilines is 1. The minimum absolute atomic E-state index is 0.710. The van der Waals surface area contributed by atoms with E-state index in [0.717, 1.165) is 27.8 Å². The molecular formula is C17H16N2O. The molecule has 100 valence electrons. The van der Waals surface area contributed by atoms with E-state index >= 15 is 0 Å². The molecule has 0 atom stereocenters. The first kappa shape index (κ1) is 12.5. The first-order valence-corrected chi connectivity index (χ1v) is 6.52. The van der Waals surface area contributed by atoms with E-state index in [1.165, 1.54) is 5.56 Å². The second-order valence-corrected chi connectivity index (χ2v) is 4.95. The molecule has 3 heteroatoms. The first-order valence-electron chi connectivity index (χ1n) is 6.52. The molecule has 1 heterocycles. The highest BCUT2D eigenvalue weighted by molar-refractivity contribution is 5.96. The number of aryl methyl sites for hydroxylation is 2. The predicted octanol–water partition coefficient (Wildman–Crippen LogP) is 4.23. The SMILES string of the molecule is Cc1ccc(C)c(Oc2ccc(N)c3cnccc23)c1. The monoisotopic (exact) mass is 264 g/mol. The van der Waals surface area contributed by atoms with Crippen LogP contribution in [0, 0.1) is 13.8 Å². The zero-order valence-corrected chi connectivity index (χ0v) is 11.6. The summed E-state index contributed by atoms with van der Waals surface area (Å²) in [5, 5.41) is 1.89. The van der Waals surface area contributed by atoms with Crippen molar-refractivity contribution in [1.29, 1.82) is 0 Å². The number of nitrogens with zero attached hydrogens (tertiary/aromatic N) is 1. The van der Waals surface area contributed by atoms with Gasteiger partial charge >= 0.3 is 0 Å². The average Bonchev–Trinajstić information content (AvgIpc) is 2.46. The molecule has 0 fully saturated rings. The minimum Gasteiger partial charge on any atom is -0.456 e. The Morgan fingerprint density at radius 3 is 2.65 bits per heavy atom. The third-order valence-electron chi connectivity index (χ3n) is 3.38. The molecular weight excluding hydrogens is 248 g/mol. The highest BCUT2D eigenvalue weighted by Crippen LogP contribution is 2.34. The van der Waals surface area contributed by atoms with Gasteiger partial charge in [-0.1, -0.05) is 12.1 Å². The van der Waals surface area contributed by atoms with E-state index < -0.39 is 0 Å². The summed E-state index contributed by atoms with van der Waals surface area (Å²) in [5.41, 5.74) is 8.97. The molecule has 20 heavy (non-hydrogen) atoms. The van der Waals surface area contributed by atoms with Gasteiger partial charge in [0, 0.05) is 28.9 Å². The summed E-state index contributed by atoms with van der Waals surface area (Å²) in [7, 11) is 0. The standard InChI is InChI=1S/C17H16N2O/c1-11-3-4-12(2)17(9-11)20-16-6-5-15(18)14-10-19-8-7-13(14)16/h3-10H,18H2,1-2H3. The third kappa shape index (κ3) is 2.18. The van der Waals surface area contributed by atoms with Crippen molar-refractivity contribution in [3.05, 3.63) is 59.9 Å². The van der Waals surface area contributed by atoms with Crippen molar-refractivity contribution < 1.29 is 4.74 Å². The summed E-state index contributed by atoms with van der Waals surface area (Å²) in [6.45, 7) is 4.09. The number of ether oxygens (including phenoxy) is 1. The second-order valence-electron chi connectivity index (χ2n) is 4.95. The van der Waals surface area contributed by atoms with Crippen LogP contribution in [0.2, 0.25) is 0 Å². The molecule has 2 N–H and O–H groups in total. The molecule has 0 amide bonds. The number of hydrogen-bond acceptors (Lipinski definition) is 3. The molecule has 3 aromatic rings. The summed E-state index contributed by atoms with van der Waals surface area (Å²) in [6.07, 6.45) is 3.51. The number of nitrogen functional groups attached to an aromatic ring is 1. The number of nitrogens with two attached hydrogens (primary N) is 1. The lowest BCUT2D eigenvalue weighted by Gasteiger charge is -2.12. The number of rotatable bonds is 2. The Bertz CT molecular complexity index is 781. The third-order valence-corrected chi connectivity index (χ3v) is 3.38. The maximum Gasteiger partial charge on any atom is 0.135 e. The fourth-order valence-corrected chi connectivity index (χ4v) is 2.21. The van der Waals surface area contributed by atoms with Crippen molar-refractivity contribution in [1.82, 2.24) is 4.98 Å². The molecule has 0 spiro atoms. The Morgan fingerprint density at radius 2 is 1.80 bits per heavy atom. The van der Waals surface area contributed by atoms with Gasteiger partial charge in [-0.2, -0.15) is 0 Å². The highest BCUT2D eigenvalue weighted by Gasteiger charge is 2.08. The van der Waals surface area contributed by atoms with E-state index in [1.807, 2.05) is 31.2 Å². The van der Waals surface area contributed by atoms with Gasteiger partial charge < -0.3 is 10.5 Å². The van der Waals surface area contributed by atoms with E-state index in [2.05, 4.69) is 24.0 Å². The fourth-order valence-electron chi connectivity index (χ4n) is 2.21. The van der Waals surface area contributed by atoms with Gasteiger partial charge in [0.05, 0.1) is 0 Å². The van der Waals surface area contributed by atoms with Crippen LogP contribution in [0.3, 0.4) is 0 Å². The normalized spacial score (nSPS) is 10.7. The number of benzene rings is 2. The molecule has 0 radical (unpaired) electrons. The van der Waals surface area contributed by atoms with Crippen LogP contribution in [0.15, 0.2) is 48.8 Å². The lowest BCUT2D eigenvalue weighted by atomic mass is 10.1. The smallest absolute Gasteiger partial charge is 0.135 e. The number of hydrogen-bond donors (Lipinski definition) is 1. The van der Waals surface area contributed by atoms with Crippen LogP contribution in [0.1, 0.15) is 11.1 Å². The van der Waals surface area contributed by atoms with E-state index in [9.17, 15) is 0 Å². The summed E-state index contributed by atoms with van der Waals surface area (Å²) >= 11 is 0. The van der Waals surface area contributed by atoms with Crippen molar-refractivity contribution in [3.63, 3.8) is 0 Å². The van der Waals surface area contributed by atoms with Gasteiger partial charge in [-0.3, -0.25) is 4.98 Å². The summed E-state index contributed by atoms with van der Waals surface area (Å²) in [4.78, 5) is 4.12. The van der Waals surface area contributed by atoms with Crippen LogP contribution < -0.4 is 10.5 Å². The van der Waals surface area contributed by atoms with Crippen molar-refractivity contribution in [3.8, 4) is 11.5 Å². The zero-order valence-electron chi connectivity index (χ0n) is 11.6. The van der Waals surface area contributed by atoms with Crippen LogP contribution in [0.4, 0.5) is 5.69 Å². The molecule has 0 unspecified atom stereocenters. The maximum absolute atomic E-state index is 6.07. The number of aromatic nitrogens is 1. The summed E-state index contributed by atoms with van der Waals surface area (Å²) < 4.78 is 6.07. The topological polar surface area (TPSA) is 48.1 Å². The molecule has 3 rings (SSSR count). The Hall–Kier alpha value is -2.55. The Kier molecular flexibility index (Phi) is 3.03. The van der Waals surface area contributed by atoms with Crippen LogP contribution >= 0.6 is 0 Å². The van der Waals surface area contributed by atoms with Crippen LogP contribution in [0.25, 0.3) is 10.8 Å². The van der Waals surface area contributed by atoms with E-state index in [1.54, 1.807) is 12.4 Å². The predicted molar refractivity (Wildman–Crippen MR) is 82.1 cm³/mol. The molecule has 0 saturated heterocycles. The molecule has 2 aromatic carbocycles. The van der Waals surface area contributed by atoms with Gasteiger partial charge in [0.1, 0.15) is 11.5 Å². The molecule has 0 saturated carbocycles. The quantitative estimate of drug-likeness (QED) is 0.705. The van der Waals surface area contributed by atoms with Gasteiger partial charge in [0.15, 0.2) is 0 Å². The number of fused-ring (bicyclic) bond motifs is 1. The molecule has 1 aromatic heterocycles. The van der Waals surface area contributed by atoms with Gasteiger partial charge in [-0.25, -0.2) is 0 Å². The van der Waals surface area contributed by atoms with Crippen LogP contribution in [0.5, 0.6) is 11.5 Å². The molecule has 0 aliphatic carbocycles. The lowest BCUT2D eigenvalue weighted by molar-refractivity contribution is 0.484. The molecule has 0 bridgehead atoms. The molecule has 3 nitrogen and oxygen atoms in total. The molecule has 0 aliphatic heterocycles. The largest absolute Gasteiger partial charge is 0.456 e. The van der Waals surface area contributed by atoms with Crippen LogP contribution in [-0.4, -0.2) is 4.98 Å². The van der Waals surface area contributed by atoms with Crippen molar-refractivity contribution in [2.75, 3.05) is 5.73 Å². The maximum atomic E-state index is 6.07. The van der Waals surface area contributed by atoms with E-state index in [4.69, 9.17) is 10.5 Å². The van der Waals surface area contributed by atoms with Gasteiger partial charge in [-0.15, -0.1) is 0 Å².